The van der Waals surface area contributed by atoms with Crippen LogP contribution >= 0.6 is 0 Å². The molecule has 1 aromatic carbocycles. The maximum atomic E-state index is 12.5. The Morgan fingerprint density at radius 3 is 2.62 bits per heavy atom. The van der Waals surface area contributed by atoms with Crippen LogP contribution in [0, 0.1) is 29.1 Å². The third-order valence-corrected chi connectivity index (χ3v) is 7.15. The molecule has 4 rings (SSSR count). The third kappa shape index (κ3) is 2.93. The molecule has 2 aliphatic carbocycles. The van der Waals surface area contributed by atoms with E-state index >= 15 is 0 Å². The van der Waals surface area contributed by atoms with Gasteiger partial charge in [-0.15, -0.1) is 0 Å². The van der Waals surface area contributed by atoms with Crippen LogP contribution in [0.3, 0.4) is 0 Å². The Balaban J connectivity index is 1.48. The lowest BCUT2D eigenvalue weighted by Crippen LogP contribution is -2.50. The molecule has 1 saturated heterocycles. The predicted octanol–water partition coefficient (Wildman–Crippen LogP) is 4.24. The predicted molar refractivity (Wildman–Crippen MR) is 97.4 cm³/mol. The number of fused-ring (bicyclic) bond motifs is 2. The van der Waals surface area contributed by atoms with E-state index in [9.17, 15) is 9.59 Å². The quantitative estimate of drug-likeness (QED) is 0.744. The SMILES string of the molecule is CC1C[C@H](OC(=O)c2ccccc2)C[C@]2(C)C[C@H]3OC(=O)[C@@H](C)[C@H]3CC12. The Morgan fingerprint density at radius 2 is 1.88 bits per heavy atom. The standard InChI is InChI=1S/C22H28O4/c1-13-9-16(25-21(24)15-7-5-4-6-8-15)11-22(3)12-19-17(10-18(13)22)14(2)20(23)26-19/h4-8,13-14,16-19H,9-12H2,1-3H3/t13?,14-,16-,17+,18?,19+,22+/m0/s1. The van der Waals surface area contributed by atoms with Crippen LogP contribution in [0.25, 0.3) is 0 Å². The molecule has 4 nitrogen and oxygen atoms in total. The molecule has 2 unspecified atom stereocenters. The van der Waals surface area contributed by atoms with E-state index in [4.69, 9.17) is 9.47 Å². The fraction of sp³-hybridized carbons (Fsp3) is 0.636. The van der Waals surface area contributed by atoms with E-state index in [1.807, 2.05) is 25.1 Å². The molecule has 26 heavy (non-hydrogen) atoms. The fourth-order valence-corrected chi connectivity index (χ4v) is 5.80. The van der Waals surface area contributed by atoms with E-state index < -0.39 is 0 Å². The third-order valence-electron chi connectivity index (χ3n) is 7.15. The summed E-state index contributed by atoms with van der Waals surface area (Å²) in [6, 6.07) is 9.20. The molecular weight excluding hydrogens is 328 g/mol. The molecule has 1 aliphatic heterocycles. The first-order valence-electron chi connectivity index (χ1n) is 9.84. The van der Waals surface area contributed by atoms with Crippen molar-refractivity contribution in [3.8, 4) is 0 Å². The van der Waals surface area contributed by atoms with Gasteiger partial charge in [0.2, 0.25) is 0 Å². The summed E-state index contributed by atoms with van der Waals surface area (Å²) in [5, 5.41) is 0. The highest BCUT2D eigenvalue weighted by atomic mass is 16.6. The number of ether oxygens (including phenoxy) is 2. The van der Waals surface area contributed by atoms with E-state index in [1.165, 1.54) is 0 Å². The minimum atomic E-state index is -0.237. The number of carbonyl (C=O) groups is 2. The van der Waals surface area contributed by atoms with Gasteiger partial charge >= 0.3 is 11.9 Å². The smallest absolute Gasteiger partial charge is 0.338 e. The molecule has 1 heterocycles. The van der Waals surface area contributed by atoms with Gasteiger partial charge in [-0.05, 0) is 55.1 Å². The van der Waals surface area contributed by atoms with Gasteiger partial charge in [-0.2, -0.15) is 0 Å². The van der Waals surface area contributed by atoms with Gasteiger partial charge in [-0.25, -0.2) is 4.79 Å². The molecule has 3 fully saturated rings. The van der Waals surface area contributed by atoms with Crippen molar-refractivity contribution in [3.63, 3.8) is 0 Å². The van der Waals surface area contributed by atoms with Crippen LogP contribution in [0.5, 0.6) is 0 Å². The van der Waals surface area contributed by atoms with Crippen LogP contribution in [-0.2, 0) is 14.3 Å². The van der Waals surface area contributed by atoms with E-state index in [2.05, 4.69) is 13.8 Å². The van der Waals surface area contributed by atoms with Crippen molar-refractivity contribution < 1.29 is 19.1 Å². The average Bonchev–Trinajstić information content (AvgIpc) is 2.86. The summed E-state index contributed by atoms with van der Waals surface area (Å²) in [5.41, 5.74) is 0.667. The number of carbonyl (C=O) groups excluding carboxylic acids is 2. The molecule has 0 radical (unpaired) electrons. The minimum absolute atomic E-state index is 0.0189. The largest absolute Gasteiger partial charge is 0.462 e. The topological polar surface area (TPSA) is 52.6 Å². The highest BCUT2D eigenvalue weighted by Crippen LogP contribution is 2.57. The van der Waals surface area contributed by atoms with Crippen molar-refractivity contribution in [2.24, 2.45) is 29.1 Å². The van der Waals surface area contributed by atoms with Gasteiger partial charge in [-0.3, -0.25) is 4.79 Å². The molecule has 2 saturated carbocycles. The Bertz CT molecular complexity index is 699. The molecule has 3 aliphatic rings. The van der Waals surface area contributed by atoms with Gasteiger partial charge in [-0.1, -0.05) is 39.0 Å². The normalized spacial score (nSPS) is 41.7. The highest BCUT2D eigenvalue weighted by Gasteiger charge is 2.56. The molecule has 4 heteroatoms. The van der Waals surface area contributed by atoms with E-state index in [0.29, 0.717) is 23.3 Å². The lowest BCUT2D eigenvalue weighted by Gasteiger charge is -2.53. The van der Waals surface area contributed by atoms with Crippen LogP contribution in [0.4, 0.5) is 0 Å². The second kappa shape index (κ2) is 6.40. The summed E-state index contributed by atoms with van der Waals surface area (Å²) in [7, 11) is 0. The van der Waals surface area contributed by atoms with E-state index in [0.717, 1.165) is 25.7 Å². The van der Waals surface area contributed by atoms with Gasteiger partial charge < -0.3 is 9.47 Å². The summed E-state index contributed by atoms with van der Waals surface area (Å²) in [5.74, 6) is 1.14. The average molecular weight is 356 g/mol. The Hall–Kier alpha value is -1.84. The fourth-order valence-electron chi connectivity index (χ4n) is 5.80. The van der Waals surface area contributed by atoms with Crippen molar-refractivity contribution in [2.45, 2.75) is 58.7 Å². The molecule has 140 valence electrons. The zero-order valence-corrected chi connectivity index (χ0v) is 15.8. The first-order chi connectivity index (χ1) is 12.4. The van der Waals surface area contributed by atoms with Crippen molar-refractivity contribution >= 4 is 11.9 Å². The van der Waals surface area contributed by atoms with Crippen LogP contribution in [0.2, 0.25) is 0 Å². The Labute approximate surface area is 155 Å². The number of esters is 2. The van der Waals surface area contributed by atoms with Crippen molar-refractivity contribution in [3.05, 3.63) is 35.9 Å². The van der Waals surface area contributed by atoms with Gasteiger partial charge in [0, 0.05) is 5.92 Å². The summed E-state index contributed by atoms with van der Waals surface area (Å²) in [6.45, 7) is 6.57. The number of hydrogen-bond donors (Lipinski definition) is 0. The summed E-state index contributed by atoms with van der Waals surface area (Å²) < 4.78 is 11.5. The Kier molecular flexibility index (Phi) is 4.32. The monoisotopic (exact) mass is 356 g/mol. The lowest BCUT2D eigenvalue weighted by molar-refractivity contribution is -0.147. The number of benzene rings is 1. The molecule has 7 atom stereocenters. The molecule has 1 aromatic rings. The van der Waals surface area contributed by atoms with Crippen molar-refractivity contribution in [2.75, 3.05) is 0 Å². The molecule has 0 N–H and O–H groups in total. The van der Waals surface area contributed by atoms with Crippen molar-refractivity contribution in [1.29, 1.82) is 0 Å². The summed E-state index contributed by atoms with van der Waals surface area (Å²) >= 11 is 0. The summed E-state index contributed by atoms with van der Waals surface area (Å²) in [4.78, 5) is 24.5. The first kappa shape index (κ1) is 17.6. The van der Waals surface area contributed by atoms with Crippen LogP contribution in [0.15, 0.2) is 30.3 Å². The van der Waals surface area contributed by atoms with Gasteiger partial charge in [0.25, 0.3) is 0 Å². The number of rotatable bonds is 2. The van der Waals surface area contributed by atoms with Gasteiger partial charge in [0.1, 0.15) is 12.2 Å². The van der Waals surface area contributed by atoms with E-state index in [-0.39, 0.29) is 35.5 Å². The second-order valence-corrected chi connectivity index (χ2v) is 8.94. The zero-order valence-electron chi connectivity index (χ0n) is 15.8. The molecular formula is C22H28O4. The molecule has 0 aromatic heterocycles. The highest BCUT2D eigenvalue weighted by molar-refractivity contribution is 5.89. The summed E-state index contributed by atoms with van der Waals surface area (Å²) in [6.07, 6.45) is 3.67. The first-order valence-corrected chi connectivity index (χ1v) is 9.84. The molecule has 0 bridgehead atoms. The van der Waals surface area contributed by atoms with Crippen molar-refractivity contribution in [1.82, 2.24) is 0 Å². The Morgan fingerprint density at radius 1 is 1.15 bits per heavy atom. The van der Waals surface area contributed by atoms with Crippen LogP contribution in [0.1, 0.15) is 56.8 Å². The maximum Gasteiger partial charge on any atom is 0.338 e. The zero-order chi connectivity index (χ0) is 18.5. The van der Waals surface area contributed by atoms with Crippen LogP contribution < -0.4 is 0 Å². The van der Waals surface area contributed by atoms with E-state index in [1.54, 1.807) is 12.1 Å². The van der Waals surface area contributed by atoms with Crippen LogP contribution in [-0.4, -0.2) is 24.1 Å². The number of hydrogen-bond acceptors (Lipinski definition) is 4. The van der Waals surface area contributed by atoms with Gasteiger partial charge in [0.05, 0.1) is 11.5 Å². The molecule has 0 amide bonds. The van der Waals surface area contributed by atoms with Gasteiger partial charge in [0.15, 0.2) is 0 Å². The molecule has 0 spiro atoms. The lowest BCUT2D eigenvalue weighted by atomic mass is 9.53. The second-order valence-electron chi connectivity index (χ2n) is 8.94. The maximum absolute atomic E-state index is 12.5. The minimum Gasteiger partial charge on any atom is -0.462 e.